The summed E-state index contributed by atoms with van der Waals surface area (Å²) in [7, 11) is 0. The molecular formula is C18H22N2O. The van der Waals surface area contributed by atoms with E-state index < -0.39 is 0 Å². The van der Waals surface area contributed by atoms with Gasteiger partial charge in [0.15, 0.2) is 0 Å². The van der Waals surface area contributed by atoms with Gasteiger partial charge in [-0.2, -0.15) is 0 Å². The Morgan fingerprint density at radius 1 is 1.14 bits per heavy atom. The Hall–Kier alpha value is -2.16. The summed E-state index contributed by atoms with van der Waals surface area (Å²) in [6.07, 6.45) is 7.97. The van der Waals surface area contributed by atoms with Gasteiger partial charge in [0.1, 0.15) is 0 Å². The molecule has 0 spiro atoms. The van der Waals surface area contributed by atoms with E-state index in [1.54, 1.807) is 12.2 Å². The first-order valence-electron chi connectivity index (χ1n) is 7.61. The third-order valence-electron chi connectivity index (χ3n) is 3.35. The predicted octanol–water partition coefficient (Wildman–Crippen LogP) is 3.94. The van der Waals surface area contributed by atoms with Gasteiger partial charge in [0.25, 0.3) is 0 Å². The first kappa shape index (κ1) is 15.2. The second-order valence-electron chi connectivity index (χ2n) is 5.11. The van der Waals surface area contributed by atoms with E-state index in [9.17, 15) is 4.79 Å². The van der Waals surface area contributed by atoms with Crippen molar-refractivity contribution in [2.45, 2.75) is 32.6 Å². The molecule has 2 rings (SSSR count). The number of rotatable bonds is 7. The molecule has 0 atom stereocenters. The summed E-state index contributed by atoms with van der Waals surface area (Å²) < 4.78 is 0. The molecule has 0 unspecified atom stereocenters. The van der Waals surface area contributed by atoms with Gasteiger partial charge in [0.2, 0.25) is 5.91 Å². The molecule has 0 bridgehead atoms. The summed E-state index contributed by atoms with van der Waals surface area (Å²) >= 11 is 0. The summed E-state index contributed by atoms with van der Waals surface area (Å²) in [5, 5.41) is 4.00. The SMILES string of the molecule is CCCCCCNC(=O)C=Cc1ccc2ccccc2n1. The third-order valence-corrected chi connectivity index (χ3v) is 3.35. The average molecular weight is 282 g/mol. The zero-order valence-corrected chi connectivity index (χ0v) is 12.5. The Balaban J connectivity index is 1.85. The number of hydrogen-bond acceptors (Lipinski definition) is 2. The first-order valence-corrected chi connectivity index (χ1v) is 7.61. The van der Waals surface area contributed by atoms with E-state index in [-0.39, 0.29) is 5.91 Å². The van der Waals surface area contributed by atoms with Crippen LogP contribution < -0.4 is 5.32 Å². The van der Waals surface area contributed by atoms with Gasteiger partial charge in [-0.3, -0.25) is 4.79 Å². The van der Waals surface area contributed by atoms with E-state index in [4.69, 9.17) is 0 Å². The molecule has 0 aliphatic carbocycles. The van der Waals surface area contributed by atoms with Gasteiger partial charge >= 0.3 is 0 Å². The molecular weight excluding hydrogens is 260 g/mol. The van der Waals surface area contributed by atoms with E-state index in [2.05, 4.69) is 17.2 Å². The monoisotopic (exact) mass is 282 g/mol. The molecule has 21 heavy (non-hydrogen) atoms. The van der Waals surface area contributed by atoms with Crippen molar-refractivity contribution in [2.75, 3.05) is 6.54 Å². The van der Waals surface area contributed by atoms with Crippen molar-refractivity contribution >= 4 is 22.9 Å². The van der Waals surface area contributed by atoms with Crippen molar-refractivity contribution < 1.29 is 4.79 Å². The molecule has 0 saturated heterocycles. The van der Waals surface area contributed by atoms with Gasteiger partial charge in [-0.05, 0) is 24.6 Å². The zero-order valence-electron chi connectivity index (χ0n) is 12.5. The molecule has 3 nitrogen and oxygen atoms in total. The van der Waals surface area contributed by atoms with Crippen LogP contribution in [0.1, 0.15) is 38.3 Å². The number of nitrogens with zero attached hydrogens (tertiary/aromatic N) is 1. The van der Waals surface area contributed by atoms with Crippen LogP contribution in [0.3, 0.4) is 0 Å². The summed E-state index contributed by atoms with van der Waals surface area (Å²) in [5.41, 5.74) is 1.74. The number of amides is 1. The van der Waals surface area contributed by atoms with Crippen LogP contribution in [0.25, 0.3) is 17.0 Å². The number of aromatic nitrogens is 1. The van der Waals surface area contributed by atoms with Crippen LogP contribution in [0.2, 0.25) is 0 Å². The molecule has 0 aliphatic heterocycles. The van der Waals surface area contributed by atoms with Gasteiger partial charge in [0.05, 0.1) is 11.2 Å². The quantitative estimate of drug-likeness (QED) is 0.617. The van der Waals surface area contributed by atoms with Gasteiger partial charge in [-0.1, -0.05) is 50.5 Å². The number of fused-ring (bicyclic) bond motifs is 1. The Kier molecular flexibility index (Phi) is 5.95. The first-order chi connectivity index (χ1) is 10.3. The number of benzene rings is 1. The molecule has 1 N–H and O–H groups in total. The molecule has 0 saturated carbocycles. The number of pyridine rings is 1. The lowest BCUT2D eigenvalue weighted by Gasteiger charge is -2.01. The van der Waals surface area contributed by atoms with Crippen molar-refractivity contribution in [3.05, 3.63) is 48.2 Å². The van der Waals surface area contributed by atoms with E-state index in [1.165, 1.54) is 19.3 Å². The minimum atomic E-state index is -0.0542. The summed E-state index contributed by atoms with van der Waals surface area (Å²) in [5.74, 6) is -0.0542. The minimum Gasteiger partial charge on any atom is -0.353 e. The highest BCUT2D eigenvalue weighted by Gasteiger charge is 1.97. The molecule has 110 valence electrons. The molecule has 3 heteroatoms. The van der Waals surface area contributed by atoms with Crippen molar-refractivity contribution in [1.29, 1.82) is 0 Å². The third kappa shape index (κ3) is 5.03. The molecule has 1 aromatic carbocycles. The fraction of sp³-hybridized carbons (Fsp3) is 0.333. The Labute approximate surface area is 126 Å². The Morgan fingerprint density at radius 2 is 2.00 bits per heavy atom. The standard InChI is InChI=1S/C18H22N2O/c1-2-3-4-7-14-19-18(21)13-12-16-11-10-15-8-5-6-9-17(15)20-16/h5-6,8-13H,2-4,7,14H2,1H3,(H,19,21). The highest BCUT2D eigenvalue weighted by atomic mass is 16.1. The maximum atomic E-state index is 11.7. The summed E-state index contributed by atoms with van der Waals surface area (Å²) in [6.45, 7) is 2.92. The van der Waals surface area contributed by atoms with Crippen molar-refractivity contribution in [3.8, 4) is 0 Å². The number of carbonyl (C=O) groups is 1. The fourth-order valence-electron chi connectivity index (χ4n) is 2.16. The maximum absolute atomic E-state index is 11.7. The number of carbonyl (C=O) groups excluding carboxylic acids is 1. The highest BCUT2D eigenvalue weighted by Crippen LogP contribution is 2.12. The molecule has 0 fully saturated rings. The van der Waals surface area contributed by atoms with E-state index in [0.29, 0.717) is 0 Å². The maximum Gasteiger partial charge on any atom is 0.244 e. The molecule has 1 heterocycles. The molecule has 1 aromatic heterocycles. The van der Waals surface area contributed by atoms with Crippen LogP contribution in [0, 0.1) is 0 Å². The lowest BCUT2D eigenvalue weighted by molar-refractivity contribution is -0.116. The summed E-state index contributed by atoms with van der Waals surface area (Å²) in [4.78, 5) is 16.2. The second kappa shape index (κ2) is 8.20. The van der Waals surface area contributed by atoms with Crippen molar-refractivity contribution in [1.82, 2.24) is 10.3 Å². The smallest absolute Gasteiger partial charge is 0.244 e. The van der Waals surface area contributed by atoms with Crippen LogP contribution in [0.15, 0.2) is 42.5 Å². The van der Waals surface area contributed by atoms with Crippen LogP contribution in [0.4, 0.5) is 0 Å². The number of nitrogens with one attached hydrogen (secondary N) is 1. The van der Waals surface area contributed by atoms with Crippen LogP contribution in [-0.2, 0) is 4.79 Å². The van der Waals surface area contributed by atoms with Gasteiger partial charge < -0.3 is 5.32 Å². The topological polar surface area (TPSA) is 42.0 Å². The molecule has 0 aliphatic rings. The molecule has 0 radical (unpaired) electrons. The van der Waals surface area contributed by atoms with Gasteiger partial charge in [0, 0.05) is 18.0 Å². The largest absolute Gasteiger partial charge is 0.353 e. The average Bonchev–Trinajstić information content (AvgIpc) is 2.52. The molecule has 2 aromatic rings. The van der Waals surface area contributed by atoms with Crippen LogP contribution in [0.5, 0.6) is 0 Å². The van der Waals surface area contributed by atoms with E-state index in [0.717, 1.165) is 29.6 Å². The predicted molar refractivity (Wildman–Crippen MR) is 87.9 cm³/mol. The Bertz CT molecular complexity index is 619. The zero-order chi connectivity index (χ0) is 14.9. The molecule has 1 amide bonds. The lowest BCUT2D eigenvalue weighted by Crippen LogP contribution is -2.21. The number of unbranched alkanes of at least 4 members (excludes halogenated alkanes) is 3. The van der Waals surface area contributed by atoms with Crippen LogP contribution in [-0.4, -0.2) is 17.4 Å². The second-order valence-corrected chi connectivity index (χ2v) is 5.11. The van der Waals surface area contributed by atoms with Gasteiger partial charge in [-0.25, -0.2) is 4.98 Å². The minimum absolute atomic E-state index is 0.0542. The number of para-hydroxylation sites is 1. The summed E-state index contributed by atoms with van der Waals surface area (Å²) in [6, 6.07) is 11.9. The van der Waals surface area contributed by atoms with Crippen LogP contribution >= 0.6 is 0 Å². The Morgan fingerprint density at radius 3 is 2.86 bits per heavy atom. The van der Waals surface area contributed by atoms with Crippen molar-refractivity contribution in [3.63, 3.8) is 0 Å². The van der Waals surface area contributed by atoms with Crippen molar-refractivity contribution in [2.24, 2.45) is 0 Å². The van der Waals surface area contributed by atoms with Gasteiger partial charge in [-0.15, -0.1) is 0 Å². The number of hydrogen-bond donors (Lipinski definition) is 1. The normalized spacial score (nSPS) is 11.1. The van der Waals surface area contributed by atoms with E-state index >= 15 is 0 Å². The highest BCUT2D eigenvalue weighted by molar-refractivity contribution is 5.91. The van der Waals surface area contributed by atoms with E-state index in [1.807, 2.05) is 36.4 Å². The fourth-order valence-corrected chi connectivity index (χ4v) is 2.16. The lowest BCUT2D eigenvalue weighted by atomic mass is 10.2.